The molecule has 1 aromatic heterocycles. The normalized spacial score (nSPS) is 20.3. The molecule has 1 heterocycles. The second-order valence-corrected chi connectivity index (χ2v) is 4.39. The van der Waals surface area contributed by atoms with Gasteiger partial charge in [0.25, 0.3) is 0 Å². The molecule has 0 spiro atoms. The van der Waals surface area contributed by atoms with E-state index in [1.807, 2.05) is 5.38 Å². The van der Waals surface area contributed by atoms with Gasteiger partial charge in [0.05, 0.1) is 0 Å². The summed E-state index contributed by atoms with van der Waals surface area (Å²) in [5, 5.41) is 2.80. The molecule has 0 atom stereocenters. The van der Waals surface area contributed by atoms with Crippen LogP contribution in [0.3, 0.4) is 0 Å². The maximum atomic E-state index is 11.4. The molecule has 1 aliphatic rings. The lowest BCUT2D eigenvalue weighted by molar-refractivity contribution is -0.123. The van der Waals surface area contributed by atoms with Crippen molar-refractivity contribution >= 4 is 17.2 Å². The topological polar surface area (TPSA) is 56.0 Å². The Kier molecular flexibility index (Phi) is 2.07. The minimum absolute atomic E-state index is 0.208. The maximum Gasteiger partial charge on any atom is 0.230 e. The van der Waals surface area contributed by atoms with E-state index in [9.17, 15) is 4.79 Å². The van der Waals surface area contributed by atoms with Crippen LogP contribution >= 0.6 is 11.3 Å². The SMILES string of the molecule is NC(=O)C1(c2nccs2)CCCC1. The highest BCUT2D eigenvalue weighted by Crippen LogP contribution is 2.41. The van der Waals surface area contributed by atoms with E-state index in [0.29, 0.717) is 0 Å². The van der Waals surface area contributed by atoms with Gasteiger partial charge in [-0.3, -0.25) is 4.79 Å². The molecule has 0 aliphatic heterocycles. The Bertz CT molecular complexity index is 301. The van der Waals surface area contributed by atoms with Gasteiger partial charge in [0, 0.05) is 11.6 Å². The Morgan fingerprint density at radius 3 is 2.69 bits per heavy atom. The fourth-order valence-corrected chi connectivity index (χ4v) is 2.91. The summed E-state index contributed by atoms with van der Waals surface area (Å²) in [7, 11) is 0. The van der Waals surface area contributed by atoms with Crippen molar-refractivity contribution in [1.29, 1.82) is 0 Å². The highest BCUT2D eigenvalue weighted by atomic mass is 32.1. The average Bonchev–Trinajstić information content (AvgIpc) is 2.75. The van der Waals surface area contributed by atoms with E-state index >= 15 is 0 Å². The predicted molar refractivity (Wildman–Crippen MR) is 51.5 cm³/mol. The van der Waals surface area contributed by atoms with Crippen LogP contribution in [0.2, 0.25) is 0 Å². The zero-order valence-electron chi connectivity index (χ0n) is 7.32. The third-order valence-corrected chi connectivity index (χ3v) is 3.75. The van der Waals surface area contributed by atoms with E-state index in [-0.39, 0.29) is 5.91 Å². The third kappa shape index (κ3) is 1.25. The molecule has 1 aliphatic carbocycles. The Morgan fingerprint density at radius 2 is 2.23 bits per heavy atom. The van der Waals surface area contributed by atoms with Crippen LogP contribution in [0.4, 0.5) is 0 Å². The number of primary amides is 1. The van der Waals surface area contributed by atoms with Crippen LogP contribution in [0.25, 0.3) is 0 Å². The molecule has 2 N–H and O–H groups in total. The summed E-state index contributed by atoms with van der Waals surface area (Å²) < 4.78 is 0. The molecule has 70 valence electrons. The first-order chi connectivity index (χ1) is 6.26. The largest absolute Gasteiger partial charge is 0.369 e. The molecular formula is C9H12N2OS. The molecule has 13 heavy (non-hydrogen) atoms. The lowest BCUT2D eigenvalue weighted by atomic mass is 9.86. The number of thiazole rings is 1. The summed E-state index contributed by atoms with van der Waals surface area (Å²) in [6.07, 6.45) is 5.65. The van der Waals surface area contributed by atoms with Gasteiger partial charge in [-0.05, 0) is 12.8 Å². The second kappa shape index (κ2) is 3.10. The minimum atomic E-state index is -0.436. The number of aromatic nitrogens is 1. The first-order valence-electron chi connectivity index (χ1n) is 4.45. The molecule has 0 radical (unpaired) electrons. The summed E-state index contributed by atoms with van der Waals surface area (Å²) in [6.45, 7) is 0. The molecule has 0 bridgehead atoms. The van der Waals surface area contributed by atoms with E-state index in [2.05, 4.69) is 4.98 Å². The van der Waals surface area contributed by atoms with E-state index in [4.69, 9.17) is 5.73 Å². The lowest BCUT2D eigenvalue weighted by Crippen LogP contribution is -2.38. The van der Waals surface area contributed by atoms with Gasteiger partial charge >= 0.3 is 0 Å². The van der Waals surface area contributed by atoms with Crippen molar-refractivity contribution in [2.24, 2.45) is 5.73 Å². The zero-order valence-corrected chi connectivity index (χ0v) is 8.14. The molecular weight excluding hydrogens is 184 g/mol. The summed E-state index contributed by atoms with van der Waals surface area (Å²) in [4.78, 5) is 15.6. The van der Waals surface area contributed by atoms with E-state index in [0.717, 1.165) is 30.7 Å². The Labute approximate surface area is 81.0 Å². The molecule has 0 aromatic carbocycles. The fourth-order valence-electron chi connectivity index (χ4n) is 2.00. The molecule has 1 fully saturated rings. The van der Waals surface area contributed by atoms with Crippen LogP contribution in [-0.2, 0) is 10.2 Å². The van der Waals surface area contributed by atoms with Gasteiger partial charge in [-0.15, -0.1) is 11.3 Å². The average molecular weight is 196 g/mol. The first kappa shape index (κ1) is 8.69. The number of amides is 1. The Hall–Kier alpha value is -0.900. The molecule has 1 amide bonds. The van der Waals surface area contributed by atoms with E-state index < -0.39 is 5.41 Å². The lowest BCUT2D eigenvalue weighted by Gasteiger charge is -2.21. The van der Waals surface area contributed by atoms with Gasteiger partial charge in [0.15, 0.2) is 0 Å². The van der Waals surface area contributed by atoms with Crippen molar-refractivity contribution in [1.82, 2.24) is 4.98 Å². The minimum Gasteiger partial charge on any atom is -0.369 e. The number of carbonyl (C=O) groups is 1. The number of nitrogens with zero attached hydrogens (tertiary/aromatic N) is 1. The van der Waals surface area contributed by atoms with Crippen LogP contribution in [0, 0.1) is 0 Å². The van der Waals surface area contributed by atoms with Gasteiger partial charge in [-0.25, -0.2) is 4.98 Å². The van der Waals surface area contributed by atoms with E-state index in [1.165, 1.54) is 11.3 Å². The summed E-state index contributed by atoms with van der Waals surface area (Å²) in [5.41, 5.74) is 5.02. The van der Waals surface area contributed by atoms with Crippen molar-refractivity contribution < 1.29 is 4.79 Å². The van der Waals surface area contributed by atoms with Crippen molar-refractivity contribution in [3.05, 3.63) is 16.6 Å². The Morgan fingerprint density at radius 1 is 1.54 bits per heavy atom. The number of rotatable bonds is 2. The number of nitrogens with two attached hydrogens (primary N) is 1. The second-order valence-electron chi connectivity index (χ2n) is 3.49. The maximum absolute atomic E-state index is 11.4. The van der Waals surface area contributed by atoms with Gasteiger partial charge < -0.3 is 5.73 Å². The predicted octanol–water partition coefficient (Wildman–Crippen LogP) is 1.44. The van der Waals surface area contributed by atoms with Crippen LogP contribution < -0.4 is 5.73 Å². The molecule has 0 saturated heterocycles. The molecule has 1 saturated carbocycles. The van der Waals surface area contributed by atoms with Gasteiger partial charge in [0.1, 0.15) is 10.4 Å². The van der Waals surface area contributed by atoms with Gasteiger partial charge in [0.2, 0.25) is 5.91 Å². The highest BCUT2D eigenvalue weighted by molar-refractivity contribution is 7.09. The van der Waals surface area contributed by atoms with Crippen LogP contribution in [0.15, 0.2) is 11.6 Å². The monoisotopic (exact) mass is 196 g/mol. The molecule has 1 aromatic rings. The van der Waals surface area contributed by atoms with Crippen LogP contribution in [-0.4, -0.2) is 10.9 Å². The van der Waals surface area contributed by atoms with Crippen molar-refractivity contribution in [3.8, 4) is 0 Å². The fraction of sp³-hybridized carbons (Fsp3) is 0.556. The smallest absolute Gasteiger partial charge is 0.230 e. The molecule has 4 heteroatoms. The standard InChI is InChI=1S/C9H12N2OS/c10-7(12)9(3-1-2-4-9)8-11-5-6-13-8/h5-6H,1-4H2,(H2,10,12). The Balaban J connectivity index is 2.39. The third-order valence-electron chi connectivity index (χ3n) is 2.77. The van der Waals surface area contributed by atoms with E-state index in [1.54, 1.807) is 6.20 Å². The zero-order chi connectivity index (χ0) is 9.31. The van der Waals surface area contributed by atoms with Crippen molar-refractivity contribution in [2.45, 2.75) is 31.1 Å². The summed E-state index contributed by atoms with van der Waals surface area (Å²) in [5.74, 6) is -0.208. The van der Waals surface area contributed by atoms with Gasteiger partial charge in [-0.2, -0.15) is 0 Å². The van der Waals surface area contributed by atoms with Gasteiger partial charge in [-0.1, -0.05) is 12.8 Å². The number of hydrogen-bond acceptors (Lipinski definition) is 3. The summed E-state index contributed by atoms with van der Waals surface area (Å²) in [6, 6.07) is 0. The quantitative estimate of drug-likeness (QED) is 0.778. The first-order valence-corrected chi connectivity index (χ1v) is 5.33. The molecule has 0 unspecified atom stereocenters. The molecule has 3 nitrogen and oxygen atoms in total. The summed E-state index contributed by atoms with van der Waals surface area (Å²) >= 11 is 1.54. The van der Waals surface area contributed by atoms with Crippen LogP contribution in [0.1, 0.15) is 30.7 Å². The highest BCUT2D eigenvalue weighted by Gasteiger charge is 2.43. The number of carbonyl (C=O) groups excluding carboxylic acids is 1. The van der Waals surface area contributed by atoms with Crippen molar-refractivity contribution in [2.75, 3.05) is 0 Å². The molecule has 2 rings (SSSR count). The number of hydrogen-bond donors (Lipinski definition) is 1. The van der Waals surface area contributed by atoms with Crippen molar-refractivity contribution in [3.63, 3.8) is 0 Å². The van der Waals surface area contributed by atoms with Crippen LogP contribution in [0.5, 0.6) is 0 Å².